The Kier molecular flexibility index (Phi) is 7.22. The number of amides is 2. The van der Waals surface area contributed by atoms with Crippen molar-refractivity contribution < 1.29 is 14.3 Å². The van der Waals surface area contributed by atoms with Crippen LogP contribution in [-0.4, -0.2) is 52.8 Å². The Bertz CT molecular complexity index is 1170. The summed E-state index contributed by atoms with van der Waals surface area (Å²) in [7, 11) is 0. The van der Waals surface area contributed by atoms with Crippen molar-refractivity contribution in [3.63, 3.8) is 0 Å². The maximum atomic E-state index is 12.9. The Morgan fingerprint density at radius 1 is 1.09 bits per heavy atom. The van der Waals surface area contributed by atoms with Gasteiger partial charge in [0.15, 0.2) is 0 Å². The van der Waals surface area contributed by atoms with E-state index in [0.29, 0.717) is 54.8 Å². The van der Waals surface area contributed by atoms with Gasteiger partial charge in [-0.05, 0) is 30.7 Å². The smallest absolute Gasteiger partial charge is 0.256 e. The van der Waals surface area contributed by atoms with E-state index in [9.17, 15) is 9.59 Å². The topological polar surface area (TPSA) is 76.5 Å². The Balaban J connectivity index is 1.47. The van der Waals surface area contributed by atoms with Crippen LogP contribution in [0, 0.1) is 6.92 Å². The van der Waals surface area contributed by atoms with Gasteiger partial charge in [-0.3, -0.25) is 9.59 Å². The number of nitrogens with zero attached hydrogens (tertiary/aromatic N) is 3. The summed E-state index contributed by atoms with van der Waals surface area (Å²) in [6.45, 7) is 4.48. The van der Waals surface area contributed by atoms with E-state index in [1.165, 1.54) is 6.08 Å². The number of hydrogen-bond donors (Lipinski definition) is 1. The van der Waals surface area contributed by atoms with Crippen LogP contribution in [-0.2, 0) is 16.1 Å². The summed E-state index contributed by atoms with van der Waals surface area (Å²) < 4.78 is 7.03. The Hall–Kier alpha value is -3.42. The molecular weight excluding hydrogens is 440 g/mol. The highest BCUT2D eigenvalue weighted by molar-refractivity contribution is 6.31. The van der Waals surface area contributed by atoms with Crippen LogP contribution in [0.15, 0.2) is 60.7 Å². The molecule has 4 rings (SSSR count). The molecule has 2 heterocycles. The number of carbonyl (C=O) groups is 2. The number of rotatable bonds is 6. The summed E-state index contributed by atoms with van der Waals surface area (Å²) in [5, 5.41) is 7.77. The molecule has 8 heteroatoms. The molecule has 1 aliphatic heterocycles. The SMILES string of the molecule is Cc1nn(Cc2ccccc2)c(Cl)c1C=CC(=O)Nc1ccccc1C(=O)N1CCOCC1. The van der Waals surface area contributed by atoms with Gasteiger partial charge in [0.05, 0.1) is 36.7 Å². The van der Waals surface area contributed by atoms with Gasteiger partial charge in [-0.2, -0.15) is 5.10 Å². The minimum absolute atomic E-state index is 0.126. The second kappa shape index (κ2) is 10.5. The zero-order valence-electron chi connectivity index (χ0n) is 18.3. The van der Waals surface area contributed by atoms with Gasteiger partial charge in [0.2, 0.25) is 5.91 Å². The van der Waals surface area contributed by atoms with Crippen LogP contribution >= 0.6 is 11.6 Å². The second-order valence-electron chi connectivity index (χ2n) is 7.71. The van der Waals surface area contributed by atoms with E-state index in [0.717, 1.165) is 11.3 Å². The average Bonchev–Trinajstić information content (AvgIpc) is 3.10. The number of nitrogens with one attached hydrogen (secondary N) is 1. The molecule has 0 saturated carbocycles. The molecule has 2 amide bonds. The zero-order valence-corrected chi connectivity index (χ0v) is 19.1. The molecule has 0 atom stereocenters. The Morgan fingerprint density at radius 2 is 1.79 bits per heavy atom. The van der Waals surface area contributed by atoms with Gasteiger partial charge in [0.1, 0.15) is 5.15 Å². The quantitative estimate of drug-likeness (QED) is 0.559. The number of aromatic nitrogens is 2. The van der Waals surface area contributed by atoms with Crippen molar-refractivity contribution in [3.05, 3.63) is 88.2 Å². The standard InChI is InChI=1S/C25H25ClN4O3/c1-18-20(24(26)30(28-18)17-19-7-3-2-4-8-19)11-12-23(31)27-22-10-6-5-9-21(22)25(32)29-13-15-33-16-14-29/h2-12H,13-17H2,1H3,(H,27,31). The Morgan fingerprint density at radius 3 is 2.55 bits per heavy atom. The number of halogens is 1. The molecule has 7 nitrogen and oxygen atoms in total. The second-order valence-corrected chi connectivity index (χ2v) is 8.06. The van der Waals surface area contributed by atoms with E-state index in [1.807, 2.05) is 37.3 Å². The number of aryl methyl sites for hydroxylation is 1. The monoisotopic (exact) mass is 464 g/mol. The summed E-state index contributed by atoms with van der Waals surface area (Å²) in [6.07, 6.45) is 3.05. The van der Waals surface area contributed by atoms with Gasteiger partial charge in [0.25, 0.3) is 5.91 Å². The first kappa shape index (κ1) is 22.8. The van der Waals surface area contributed by atoms with E-state index in [2.05, 4.69) is 10.4 Å². The number of benzene rings is 2. The summed E-state index contributed by atoms with van der Waals surface area (Å²) >= 11 is 6.53. The maximum Gasteiger partial charge on any atom is 0.256 e. The van der Waals surface area contributed by atoms with Crippen LogP contribution in [0.5, 0.6) is 0 Å². The molecule has 1 N–H and O–H groups in total. The van der Waals surface area contributed by atoms with Crippen molar-refractivity contribution in [1.82, 2.24) is 14.7 Å². The van der Waals surface area contributed by atoms with Crippen molar-refractivity contribution in [1.29, 1.82) is 0 Å². The van der Waals surface area contributed by atoms with Crippen molar-refractivity contribution in [2.75, 3.05) is 31.6 Å². The van der Waals surface area contributed by atoms with Crippen molar-refractivity contribution in [3.8, 4) is 0 Å². The predicted molar refractivity (Wildman–Crippen MR) is 128 cm³/mol. The molecule has 0 radical (unpaired) electrons. The number of anilines is 1. The van der Waals surface area contributed by atoms with E-state index >= 15 is 0 Å². The van der Waals surface area contributed by atoms with Crippen LogP contribution in [0.25, 0.3) is 6.08 Å². The lowest BCUT2D eigenvalue weighted by Gasteiger charge is -2.27. The summed E-state index contributed by atoms with van der Waals surface area (Å²) in [5.74, 6) is -0.484. The fourth-order valence-electron chi connectivity index (χ4n) is 3.67. The highest BCUT2D eigenvalue weighted by Crippen LogP contribution is 2.23. The van der Waals surface area contributed by atoms with Crippen molar-refractivity contribution in [2.24, 2.45) is 0 Å². The van der Waals surface area contributed by atoms with Crippen LogP contribution in [0.3, 0.4) is 0 Å². The summed E-state index contributed by atoms with van der Waals surface area (Å²) in [4.78, 5) is 27.3. The number of hydrogen-bond acceptors (Lipinski definition) is 4. The van der Waals surface area contributed by atoms with E-state index in [-0.39, 0.29) is 11.8 Å². The van der Waals surface area contributed by atoms with Gasteiger partial charge in [-0.15, -0.1) is 0 Å². The number of morpholine rings is 1. The van der Waals surface area contributed by atoms with Crippen LogP contribution < -0.4 is 5.32 Å². The third-order valence-corrected chi connectivity index (χ3v) is 5.80. The van der Waals surface area contributed by atoms with Crippen LogP contribution in [0.1, 0.15) is 27.2 Å². The molecule has 1 fully saturated rings. The lowest BCUT2D eigenvalue weighted by Crippen LogP contribution is -2.41. The first-order valence-electron chi connectivity index (χ1n) is 10.7. The van der Waals surface area contributed by atoms with Gasteiger partial charge >= 0.3 is 0 Å². The highest BCUT2D eigenvalue weighted by Gasteiger charge is 2.21. The maximum absolute atomic E-state index is 12.9. The van der Waals surface area contributed by atoms with E-state index in [4.69, 9.17) is 16.3 Å². The Labute approximate surface area is 197 Å². The summed E-state index contributed by atoms with van der Waals surface area (Å²) in [6, 6.07) is 16.9. The van der Waals surface area contributed by atoms with Crippen molar-refractivity contribution in [2.45, 2.75) is 13.5 Å². The molecule has 1 aromatic heterocycles. The average molecular weight is 465 g/mol. The first-order valence-corrected chi connectivity index (χ1v) is 11.1. The molecule has 0 aliphatic carbocycles. The molecule has 0 spiro atoms. The molecular formula is C25H25ClN4O3. The van der Waals surface area contributed by atoms with Gasteiger partial charge < -0.3 is 15.0 Å². The zero-order chi connectivity index (χ0) is 23.2. The third kappa shape index (κ3) is 5.50. The normalized spacial score (nSPS) is 13.9. The van der Waals surface area contributed by atoms with Gasteiger partial charge in [-0.1, -0.05) is 54.1 Å². The fraction of sp³-hybridized carbons (Fsp3) is 0.240. The number of ether oxygens (including phenoxy) is 1. The lowest BCUT2D eigenvalue weighted by molar-refractivity contribution is -0.111. The number of carbonyl (C=O) groups excluding carboxylic acids is 2. The molecule has 1 aliphatic rings. The molecule has 0 bridgehead atoms. The minimum atomic E-state index is -0.358. The van der Waals surface area contributed by atoms with Gasteiger partial charge in [-0.25, -0.2) is 4.68 Å². The molecule has 3 aromatic rings. The van der Waals surface area contributed by atoms with Gasteiger partial charge in [0, 0.05) is 24.7 Å². The molecule has 2 aromatic carbocycles. The predicted octanol–water partition coefficient (Wildman–Crippen LogP) is 4.02. The van der Waals surface area contributed by atoms with E-state index in [1.54, 1.807) is 39.9 Å². The minimum Gasteiger partial charge on any atom is -0.378 e. The first-order chi connectivity index (χ1) is 16.0. The molecule has 170 valence electrons. The van der Waals surface area contributed by atoms with Crippen LogP contribution in [0.4, 0.5) is 5.69 Å². The molecule has 33 heavy (non-hydrogen) atoms. The largest absolute Gasteiger partial charge is 0.378 e. The molecule has 1 saturated heterocycles. The number of para-hydroxylation sites is 1. The van der Waals surface area contributed by atoms with E-state index < -0.39 is 0 Å². The lowest BCUT2D eigenvalue weighted by atomic mass is 10.1. The molecule has 0 unspecified atom stereocenters. The fourth-order valence-corrected chi connectivity index (χ4v) is 3.96. The highest BCUT2D eigenvalue weighted by atomic mass is 35.5. The summed E-state index contributed by atoms with van der Waals surface area (Å²) in [5.41, 5.74) is 3.40. The third-order valence-electron chi connectivity index (χ3n) is 5.40. The van der Waals surface area contributed by atoms with Crippen molar-refractivity contribution >= 4 is 35.2 Å². The van der Waals surface area contributed by atoms with Crippen LogP contribution in [0.2, 0.25) is 5.15 Å².